The van der Waals surface area contributed by atoms with E-state index in [1.54, 1.807) is 7.11 Å². The van der Waals surface area contributed by atoms with Gasteiger partial charge in [-0.15, -0.1) is 0 Å². The van der Waals surface area contributed by atoms with E-state index in [0.29, 0.717) is 6.10 Å². The fourth-order valence-corrected chi connectivity index (χ4v) is 2.30. The zero-order valence-corrected chi connectivity index (χ0v) is 10.0. The summed E-state index contributed by atoms with van der Waals surface area (Å²) in [5.74, 6) is 0. The predicted octanol–water partition coefficient (Wildman–Crippen LogP) is 1.93. The van der Waals surface area contributed by atoms with E-state index in [1.165, 1.54) is 11.3 Å². The Morgan fingerprint density at radius 2 is 2.19 bits per heavy atom. The van der Waals surface area contributed by atoms with Crippen LogP contribution in [0.25, 0.3) is 0 Å². The van der Waals surface area contributed by atoms with Gasteiger partial charge in [-0.3, -0.25) is 0 Å². The first-order valence-corrected chi connectivity index (χ1v) is 5.84. The van der Waals surface area contributed by atoms with Gasteiger partial charge in [-0.2, -0.15) is 0 Å². The molecule has 0 saturated carbocycles. The Morgan fingerprint density at radius 3 is 2.81 bits per heavy atom. The third kappa shape index (κ3) is 2.20. The van der Waals surface area contributed by atoms with Crippen molar-refractivity contribution in [2.24, 2.45) is 5.73 Å². The van der Waals surface area contributed by atoms with Gasteiger partial charge in [0.2, 0.25) is 0 Å². The van der Waals surface area contributed by atoms with Gasteiger partial charge in [0.1, 0.15) is 0 Å². The Labute approximate surface area is 97.2 Å². The van der Waals surface area contributed by atoms with Crippen molar-refractivity contribution < 1.29 is 4.74 Å². The molecule has 0 aromatic heterocycles. The fraction of sp³-hybridized carbons (Fsp3) is 0.538. The van der Waals surface area contributed by atoms with Gasteiger partial charge in [-0.25, -0.2) is 0 Å². The van der Waals surface area contributed by atoms with Crippen LogP contribution in [-0.2, 0) is 4.74 Å². The Balaban J connectivity index is 2.20. The number of nitrogens with zero attached hydrogens (tertiary/aromatic N) is 1. The van der Waals surface area contributed by atoms with Gasteiger partial charge in [-0.05, 0) is 25.0 Å². The fourth-order valence-electron chi connectivity index (χ4n) is 2.30. The van der Waals surface area contributed by atoms with Gasteiger partial charge in [0.15, 0.2) is 0 Å². The van der Waals surface area contributed by atoms with Crippen LogP contribution >= 0.6 is 0 Å². The summed E-state index contributed by atoms with van der Waals surface area (Å²) in [4.78, 5) is 2.37. The number of methoxy groups -OCH3 is 1. The molecule has 0 bridgehead atoms. The lowest BCUT2D eigenvalue weighted by molar-refractivity contribution is 0.121. The Kier molecular flexibility index (Phi) is 3.46. The number of anilines is 1. The third-order valence-corrected chi connectivity index (χ3v) is 3.25. The van der Waals surface area contributed by atoms with E-state index >= 15 is 0 Å². The van der Waals surface area contributed by atoms with Crippen LogP contribution in [0, 0.1) is 0 Å². The van der Waals surface area contributed by atoms with E-state index in [1.807, 2.05) is 13.0 Å². The predicted molar refractivity (Wildman–Crippen MR) is 66.7 cm³/mol. The molecule has 0 aliphatic carbocycles. The quantitative estimate of drug-likeness (QED) is 0.846. The summed E-state index contributed by atoms with van der Waals surface area (Å²) in [6.07, 6.45) is 1.46. The number of ether oxygens (including phenoxy) is 1. The molecule has 1 aliphatic rings. The summed E-state index contributed by atoms with van der Waals surface area (Å²) in [5, 5.41) is 0. The van der Waals surface area contributed by atoms with Gasteiger partial charge >= 0.3 is 0 Å². The molecule has 3 nitrogen and oxygen atoms in total. The van der Waals surface area contributed by atoms with E-state index in [9.17, 15) is 0 Å². The van der Waals surface area contributed by atoms with Crippen LogP contribution in [0.1, 0.15) is 24.9 Å². The summed E-state index contributed by atoms with van der Waals surface area (Å²) in [6.45, 7) is 4.06. The van der Waals surface area contributed by atoms with Crippen LogP contribution in [0.4, 0.5) is 5.69 Å². The average molecular weight is 220 g/mol. The number of rotatable bonds is 3. The molecule has 2 N–H and O–H groups in total. The minimum absolute atomic E-state index is 0.0813. The second-order valence-corrected chi connectivity index (χ2v) is 4.44. The second kappa shape index (κ2) is 4.85. The van der Waals surface area contributed by atoms with Crippen molar-refractivity contribution >= 4 is 5.69 Å². The van der Waals surface area contributed by atoms with Crippen molar-refractivity contribution in [3.63, 3.8) is 0 Å². The minimum atomic E-state index is 0.0813. The summed E-state index contributed by atoms with van der Waals surface area (Å²) >= 11 is 0. The van der Waals surface area contributed by atoms with Gasteiger partial charge in [0, 0.05) is 31.9 Å². The topological polar surface area (TPSA) is 38.5 Å². The van der Waals surface area contributed by atoms with E-state index < -0.39 is 0 Å². The van der Waals surface area contributed by atoms with Crippen molar-refractivity contribution in [1.82, 2.24) is 0 Å². The maximum atomic E-state index is 5.99. The van der Waals surface area contributed by atoms with Crippen molar-refractivity contribution in [3.05, 3.63) is 29.8 Å². The van der Waals surface area contributed by atoms with Crippen LogP contribution in [0.15, 0.2) is 24.3 Å². The molecular weight excluding hydrogens is 200 g/mol. The summed E-state index contributed by atoms with van der Waals surface area (Å²) in [6, 6.07) is 8.46. The maximum absolute atomic E-state index is 5.99. The molecule has 1 aromatic rings. The number of benzene rings is 1. The van der Waals surface area contributed by atoms with Gasteiger partial charge in [0.05, 0.1) is 6.10 Å². The van der Waals surface area contributed by atoms with Crippen LogP contribution in [0.5, 0.6) is 0 Å². The Hall–Kier alpha value is -1.06. The van der Waals surface area contributed by atoms with Crippen LogP contribution in [0.2, 0.25) is 0 Å². The highest BCUT2D eigenvalue weighted by atomic mass is 16.5. The molecule has 2 atom stereocenters. The van der Waals surface area contributed by atoms with E-state index in [4.69, 9.17) is 10.5 Å². The molecule has 16 heavy (non-hydrogen) atoms. The van der Waals surface area contributed by atoms with Crippen molar-refractivity contribution in [1.29, 1.82) is 0 Å². The number of hydrogen-bond donors (Lipinski definition) is 1. The molecule has 2 unspecified atom stereocenters. The number of nitrogens with two attached hydrogens (primary N) is 1. The molecule has 1 aromatic carbocycles. The first-order chi connectivity index (χ1) is 7.72. The number of para-hydroxylation sites is 1. The average Bonchev–Trinajstić information content (AvgIpc) is 2.77. The van der Waals surface area contributed by atoms with E-state index in [-0.39, 0.29) is 6.04 Å². The lowest BCUT2D eigenvalue weighted by atomic mass is 10.1. The Bertz CT molecular complexity index is 352. The van der Waals surface area contributed by atoms with Gasteiger partial charge < -0.3 is 15.4 Å². The van der Waals surface area contributed by atoms with Gasteiger partial charge in [-0.1, -0.05) is 18.2 Å². The monoisotopic (exact) mass is 220 g/mol. The highest BCUT2D eigenvalue weighted by molar-refractivity contribution is 5.55. The molecule has 1 heterocycles. The molecule has 0 radical (unpaired) electrons. The highest BCUT2D eigenvalue weighted by Crippen LogP contribution is 2.28. The van der Waals surface area contributed by atoms with Crippen LogP contribution in [-0.4, -0.2) is 26.3 Å². The standard InChI is InChI=1S/C13H20N2O/c1-10(14)12-5-3-4-6-13(12)15-8-7-11(9-15)16-2/h3-6,10-11H,7-9,14H2,1-2H3. The van der Waals surface area contributed by atoms with Gasteiger partial charge in [0.25, 0.3) is 0 Å². The molecule has 3 heteroatoms. The first-order valence-electron chi connectivity index (χ1n) is 5.84. The Morgan fingerprint density at radius 1 is 1.44 bits per heavy atom. The van der Waals surface area contributed by atoms with E-state index in [0.717, 1.165) is 19.5 Å². The SMILES string of the molecule is COC1CCN(c2ccccc2C(C)N)C1. The molecule has 88 valence electrons. The lowest BCUT2D eigenvalue weighted by Crippen LogP contribution is -2.24. The molecule has 0 spiro atoms. The third-order valence-electron chi connectivity index (χ3n) is 3.25. The molecular formula is C13H20N2O. The minimum Gasteiger partial charge on any atom is -0.380 e. The lowest BCUT2D eigenvalue weighted by Gasteiger charge is -2.23. The molecule has 1 fully saturated rings. The van der Waals surface area contributed by atoms with Crippen LogP contribution in [0.3, 0.4) is 0 Å². The first kappa shape index (κ1) is 11.4. The summed E-state index contributed by atoms with van der Waals surface area (Å²) < 4.78 is 5.39. The van der Waals surface area contributed by atoms with Crippen LogP contribution < -0.4 is 10.6 Å². The molecule has 0 amide bonds. The zero-order valence-electron chi connectivity index (χ0n) is 10.0. The molecule has 1 saturated heterocycles. The molecule has 1 aliphatic heterocycles. The van der Waals surface area contributed by atoms with Crippen molar-refractivity contribution in [3.8, 4) is 0 Å². The zero-order chi connectivity index (χ0) is 11.5. The summed E-state index contributed by atoms with van der Waals surface area (Å²) in [5.41, 5.74) is 8.47. The van der Waals surface area contributed by atoms with E-state index in [2.05, 4.69) is 23.1 Å². The van der Waals surface area contributed by atoms with Crippen molar-refractivity contribution in [2.45, 2.75) is 25.5 Å². The highest BCUT2D eigenvalue weighted by Gasteiger charge is 2.24. The number of hydrogen-bond acceptors (Lipinski definition) is 3. The summed E-state index contributed by atoms with van der Waals surface area (Å²) in [7, 11) is 1.78. The second-order valence-electron chi connectivity index (χ2n) is 4.44. The largest absolute Gasteiger partial charge is 0.380 e. The normalized spacial score (nSPS) is 22.4. The maximum Gasteiger partial charge on any atom is 0.0762 e. The van der Waals surface area contributed by atoms with Crippen molar-refractivity contribution in [2.75, 3.05) is 25.1 Å². The smallest absolute Gasteiger partial charge is 0.0762 e. The molecule has 2 rings (SSSR count).